The summed E-state index contributed by atoms with van der Waals surface area (Å²) in [6, 6.07) is 6.67. The summed E-state index contributed by atoms with van der Waals surface area (Å²) in [7, 11) is 1.80. The molecule has 92 valence electrons. The van der Waals surface area contributed by atoms with Crippen LogP contribution in [0, 0.1) is 0 Å². The van der Waals surface area contributed by atoms with E-state index in [4.69, 9.17) is 5.73 Å². The number of hydrogen-bond acceptors (Lipinski definition) is 4. The van der Waals surface area contributed by atoms with E-state index in [2.05, 4.69) is 5.32 Å². The number of nitrogens with one attached hydrogen (secondary N) is 1. The first kappa shape index (κ1) is 13.2. The molecule has 0 aliphatic carbocycles. The van der Waals surface area contributed by atoms with Crippen molar-refractivity contribution in [3.8, 4) is 0 Å². The van der Waals surface area contributed by atoms with Gasteiger partial charge in [-0.15, -0.1) is 0 Å². The number of amides is 1. The lowest BCUT2D eigenvalue weighted by molar-refractivity contribution is -0.108. The summed E-state index contributed by atoms with van der Waals surface area (Å²) >= 11 is 0. The molecule has 0 spiro atoms. The van der Waals surface area contributed by atoms with Crippen LogP contribution in [0.15, 0.2) is 24.3 Å². The van der Waals surface area contributed by atoms with Gasteiger partial charge in [0.05, 0.1) is 6.54 Å². The van der Waals surface area contributed by atoms with E-state index in [9.17, 15) is 9.59 Å². The molecule has 0 unspecified atom stereocenters. The van der Waals surface area contributed by atoms with Crippen molar-refractivity contribution in [3.63, 3.8) is 0 Å². The Morgan fingerprint density at radius 2 is 2.06 bits per heavy atom. The summed E-state index contributed by atoms with van der Waals surface area (Å²) in [6.45, 7) is 1.25. The van der Waals surface area contributed by atoms with E-state index in [0.29, 0.717) is 24.3 Å². The molecular formula is C12H17N3O2. The first-order valence-corrected chi connectivity index (χ1v) is 5.42. The van der Waals surface area contributed by atoms with Crippen molar-refractivity contribution in [1.82, 2.24) is 10.2 Å². The van der Waals surface area contributed by atoms with Crippen LogP contribution in [0.25, 0.3) is 0 Å². The average molecular weight is 235 g/mol. The summed E-state index contributed by atoms with van der Waals surface area (Å²) < 4.78 is 0. The zero-order valence-corrected chi connectivity index (χ0v) is 9.85. The summed E-state index contributed by atoms with van der Waals surface area (Å²) in [5.74, 6) is -0.160. The molecule has 1 aromatic carbocycles. The fourth-order valence-electron chi connectivity index (χ4n) is 1.42. The zero-order valence-electron chi connectivity index (χ0n) is 9.85. The van der Waals surface area contributed by atoms with E-state index in [1.807, 2.05) is 0 Å². The van der Waals surface area contributed by atoms with Crippen LogP contribution in [0.2, 0.25) is 0 Å². The minimum atomic E-state index is -0.160. The smallest absolute Gasteiger partial charge is 0.254 e. The summed E-state index contributed by atoms with van der Waals surface area (Å²) in [5, 5.41) is 2.94. The van der Waals surface area contributed by atoms with Gasteiger partial charge in [-0.3, -0.25) is 4.79 Å². The molecule has 0 heterocycles. The maximum atomic E-state index is 12.1. The Kier molecular flexibility index (Phi) is 5.16. The molecule has 0 aliphatic rings. The van der Waals surface area contributed by atoms with Crippen LogP contribution < -0.4 is 11.1 Å². The standard InChI is InChI=1S/C12H17N3O2/c1-14-6-7-15(8-9-16)12(17)10-2-4-11(13)5-3-10/h2-5,9,14H,6-8,13H2,1H3. The van der Waals surface area contributed by atoms with Crippen molar-refractivity contribution in [3.05, 3.63) is 29.8 Å². The second kappa shape index (κ2) is 6.65. The molecule has 5 nitrogen and oxygen atoms in total. The fraction of sp³-hybridized carbons (Fsp3) is 0.333. The summed E-state index contributed by atoms with van der Waals surface area (Å²) in [4.78, 5) is 24.1. The number of nitrogens with two attached hydrogens (primary N) is 1. The third-order valence-corrected chi connectivity index (χ3v) is 2.37. The van der Waals surface area contributed by atoms with Crippen LogP contribution in [-0.4, -0.2) is 43.8 Å². The fourth-order valence-corrected chi connectivity index (χ4v) is 1.42. The van der Waals surface area contributed by atoms with E-state index in [1.165, 1.54) is 4.90 Å². The molecule has 1 amide bonds. The van der Waals surface area contributed by atoms with Crippen molar-refractivity contribution >= 4 is 17.9 Å². The first-order chi connectivity index (χ1) is 8.19. The molecule has 0 saturated carbocycles. The molecule has 5 heteroatoms. The number of likely N-dealkylation sites (N-methyl/N-ethyl adjacent to an activating group) is 1. The molecule has 0 saturated heterocycles. The van der Waals surface area contributed by atoms with E-state index in [0.717, 1.165) is 6.29 Å². The molecule has 0 radical (unpaired) electrons. The Morgan fingerprint density at radius 3 is 2.59 bits per heavy atom. The highest BCUT2D eigenvalue weighted by Gasteiger charge is 2.14. The van der Waals surface area contributed by atoms with Gasteiger partial charge in [-0.05, 0) is 31.3 Å². The molecule has 1 aromatic rings. The number of nitrogen functional groups attached to an aromatic ring is 1. The largest absolute Gasteiger partial charge is 0.399 e. The number of aldehydes is 1. The number of carbonyl (C=O) groups is 2. The highest BCUT2D eigenvalue weighted by atomic mass is 16.2. The average Bonchev–Trinajstić information content (AvgIpc) is 2.34. The molecule has 17 heavy (non-hydrogen) atoms. The monoisotopic (exact) mass is 235 g/mol. The van der Waals surface area contributed by atoms with Gasteiger partial charge in [-0.1, -0.05) is 0 Å². The Bertz CT molecular complexity index is 376. The highest BCUT2D eigenvalue weighted by Crippen LogP contribution is 2.08. The van der Waals surface area contributed by atoms with Crippen LogP contribution in [0.3, 0.4) is 0 Å². The van der Waals surface area contributed by atoms with Crippen molar-refractivity contribution in [2.45, 2.75) is 0 Å². The van der Waals surface area contributed by atoms with Gasteiger partial charge in [0.15, 0.2) is 0 Å². The molecule has 1 rings (SSSR count). The molecule has 3 N–H and O–H groups in total. The topological polar surface area (TPSA) is 75.4 Å². The van der Waals surface area contributed by atoms with Crippen molar-refractivity contribution in [2.24, 2.45) is 0 Å². The van der Waals surface area contributed by atoms with E-state index in [1.54, 1.807) is 31.3 Å². The number of nitrogens with zero attached hydrogens (tertiary/aromatic N) is 1. The van der Waals surface area contributed by atoms with Crippen LogP contribution in [0.5, 0.6) is 0 Å². The number of hydrogen-bond donors (Lipinski definition) is 2. The van der Waals surface area contributed by atoms with Crippen molar-refractivity contribution in [2.75, 3.05) is 32.4 Å². The third-order valence-electron chi connectivity index (χ3n) is 2.37. The number of rotatable bonds is 6. The van der Waals surface area contributed by atoms with Crippen LogP contribution in [0.1, 0.15) is 10.4 Å². The lowest BCUT2D eigenvalue weighted by atomic mass is 10.2. The van der Waals surface area contributed by atoms with Gasteiger partial charge in [-0.2, -0.15) is 0 Å². The first-order valence-electron chi connectivity index (χ1n) is 5.42. The van der Waals surface area contributed by atoms with E-state index >= 15 is 0 Å². The maximum absolute atomic E-state index is 12.1. The second-order valence-corrected chi connectivity index (χ2v) is 3.64. The molecule has 0 aromatic heterocycles. The van der Waals surface area contributed by atoms with Crippen molar-refractivity contribution in [1.29, 1.82) is 0 Å². The van der Waals surface area contributed by atoms with Gasteiger partial charge in [0, 0.05) is 24.3 Å². The zero-order chi connectivity index (χ0) is 12.7. The number of carbonyl (C=O) groups excluding carboxylic acids is 2. The Balaban J connectivity index is 2.75. The summed E-state index contributed by atoms with van der Waals surface area (Å²) in [6.07, 6.45) is 0.727. The molecule has 0 aliphatic heterocycles. The van der Waals surface area contributed by atoms with Gasteiger partial charge in [0.2, 0.25) is 0 Å². The van der Waals surface area contributed by atoms with Crippen LogP contribution in [-0.2, 0) is 4.79 Å². The third kappa shape index (κ3) is 3.88. The Morgan fingerprint density at radius 1 is 1.41 bits per heavy atom. The lowest BCUT2D eigenvalue weighted by Crippen LogP contribution is -2.37. The van der Waals surface area contributed by atoms with E-state index < -0.39 is 0 Å². The van der Waals surface area contributed by atoms with Gasteiger partial charge >= 0.3 is 0 Å². The van der Waals surface area contributed by atoms with Gasteiger partial charge in [-0.25, -0.2) is 0 Å². The lowest BCUT2D eigenvalue weighted by Gasteiger charge is -2.20. The highest BCUT2D eigenvalue weighted by molar-refractivity contribution is 5.95. The number of anilines is 1. The van der Waals surface area contributed by atoms with E-state index in [-0.39, 0.29) is 12.5 Å². The second-order valence-electron chi connectivity index (χ2n) is 3.64. The van der Waals surface area contributed by atoms with Crippen molar-refractivity contribution < 1.29 is 9.59 Å². The SMILES string of the molecule is CNCCN(CC=O)C(=O)c1ccc(N)cc1. The quantitative estimate of drug-likeness (QED) is 0.543. The van der Waals surface area contributed by atoms with Gasteiger partial charge in [0.1, 0.15) is 6.29 Å². The predicted molar refractivity (Wildman–Crippen MR) is 66.7 cm³/mol. The minimum absolute atomic E-state index is 0.102. The van der Waals surface area contributed by atoms with Gasteiger partial charge in [0.25, 0.3) is 5.91 Å². The van der Waals surface area contributed by atoms with Crippen LogP contribution >= 0.6 is 0 Å². The molecule has 0 atom stereocenters. The molecule has 0 bridgehead atoms. The normalized spacial score (nSPS) is 9.94. The van der Waals surface area contributed by atoms with Crippen LogP contribution in [0.4, 0.5) is 5.69 Å². The predicted octanol–water partition coefficient (Wildman–Crippen LogP) is 0.129. The Labute approximate surface area is 101 Å². The minimum Gasteiger partial charge on any atom is -0.399 e. The van der Waals surface area contributed by atoms with Gasteiger partial charge < -0.3 is 20.7 Å². The summed E-state index contributed by atoms with van der Waals surface area (Å²) in [5.41, 5.74) is 6.70. The molecule has 0 fully saturated rings. The molecular weight excluding hydrogens is 218 g/mol. The Hall–Kier alpha value is -1.88. The maximum Gasteiger partial charge on any atom is 0.254 e. The number of benzene rings is 1.